The Kier molecular flexibility index (Phi) is 3.69. The lowest BCUT2D eigenvalue weighted by molar-refractivity contribution is 0.102. The highest BCUT2D eigenvalue weighted by molar-refractivity contribution is 7.09. The van der Waals surface area contributed by atoms with Crippen LogP contribution in [-0.2, 0) is 0 Å². The number of nitrogens with two attached hydrogens (primary N) is 1. The first kappa shape index (κ1) is 12.7. The number of anilines is 1. The van der Waals surface area contributed by atoms with Crippen molar-refractivity contribution in [2.24, 2.45) is 5.73 Å². The van der Waals surface area contributed by atoms with Crippen molar-refractivity contribution in [2.45, 2.75) is 19.9 Å². The SMILES string of the molecule is Cc1ccc(NC(=O)c2csc(C(C)N)n2)cn1. The Labute approximate surface area is 109 Å². The zero-order valence-electron chi connectivity index (χ0n) is 10.2. The van der Waals surface area contributed by atoms with Gasteiger partial charge in [-0.15, -0.1) is 11.3 Å². The standard InChI is InChI=1S/C12H14N4OS/c1-7-3-4-9(5-14-7)15-11(17)10-6-18-12(16-10)8(2)13/h3-6,8H,13H2,1-2H3,(H,15,17). The van der Waals surface area contributed by atoms with Gasteiger partial charge < -0.3 is 11.1 Å². The van der Waals surface area contributed by atoms with Gasteiger partial charge in [-0.2, -0.15) is 0 Å². The van der Waals surface area contributed by atoms with Crippen molar-refractivity contribution < 1.29 is 4.79 Å². The molecule has 0 aliphatic rings. The molecule has 94 valence electrons. The predicted octanol–water partition coefficient (Wildman–Crippen LogP) is 2.12. The summed E-state index contributed by atoms with van der Waals surface area (Å²) in [6, 6.07) is 3.49. The average Bonchev–Trinajstić information content (AvgIpc) is 2.81. The Hall–Kier alpha value is -1.79. The maximum Gasteiger partial charge on any atom is 0.275 e. The summed E-state index contributed by atoms with van der Waals surface area (Å²) in [7, 11) is 0. The van der Waals surface area contributed by atoms with Crippen molar-refractivity contribution in [3.05, 3.63) is 40.1 Å². The highest BCUT2D eigenvalue weighted by Crippen LogP contribution is 2.17. The van der Waals surface area contributed by atoms with Gasteiger partial charge in [0.05, 0.1) is 17.9 Å². The van der Waals surface area contributed by atoms with Crippen LogP contribution in [0.3, 0.4) is 0 Å². The van der Waals surface area contributed by atoms with Gasteiger partial charge in [0, 0.05) is 11.1 Å². The van der Waals surface area contributed by atoms with Crippen LogP contribution in [-0.4, -0.2) is 15.9 Å². The van der Waals surface area contributed by atoms with Crippen molar-refractivity contribution in [3.8, 4) is 0 Å². The molecule has 0 spiro atoms. The molecule has 0 saturated carbocycles. The number of rotatable bonds is 3. The zero-order chi connectivity index (χ0) is 13.1. The van der Waals surface area contributed by atoms with Crippen molar-refractivity contribution in [1.82, 2.24) is 9.97 Å². The Morgan fingerprint density at radius 3 is 2.83 bits per heavy atom. The largest absolute Gasteiger partial charge is 0.322 e. The van der Waals surface area contributed by atoms with E-state index < -0.39 is 0 Å². The normalized spacial score (nSPS) is 12.2. The summed E-state index contributed by atoms with van der Waals surface area (Å²) in [5.74, 6) is -0.246. The van der Waals surface area contributed by atoms with Gasteiger partial charge in [0.25, 0.3) is 5.91 Å². The number of carbonyl (C=O) groups excluding carboxylic acids is 1. The topological polar surface area (TPSA) is 80.9 Å². The number of thiazole rings is 1. The van der Waals surface area contributed by atoms with E-state index in [1.165, 1.54) is 11.3 Å². The Balaban J connectivity index is 2.09. The fraction of sp³-hybridized carbons (Fsp3) is 0.250. The molecule has 3 N–H and O–H groups in total. The number of hydrogen-bond acceptors (Lipinski definition) is 5. The monoisotopic (exact) mass is 262 g/mol. The molecule has 0 aliphatic heterocycles. The van der Waals surface area contributed by atoms with Gasteiger partial charge in [-0.1, -0.05) is 0 Å². The lowest BCUT2D eigenvalue weighted by Crippen LogP contribution is -2.13. The Bertz CT molecular complexity index is 547. The molecule has 2 aromatic heterocycles. The molecule has 18 heavy (non-hydrogen) atoms. The molecule has 0 fully saturated rings. The summed E-state index contributed by atoms with van der Waals surface area (Å²) in [4.78, 5) is 20.2. The van der Waals surface area contributed by atoms with Crippen LogP contribution < -0.4 is 11.1 Å². The predicted molar refractivity (Wildman–Crippen MR) is 71.6 cm³/mol. The molecule has 0 aromatic carbocycles. The first-order chi connectivity index (χ1) is 8.56. The highest BCUT2D eigenvalue weighted by Gasteiger charge is 2.12. The molecule has 5 nitrogen and oxygen atoms in total. The van der Waals surface area contributed by atoms with Gasteiger partial charge in [-0.3, -0.25) is 9.78 Å². The number of carbonyl (C=O) groups is 1. The third-order valence-corrected chi connectivity index (χ3v) is 3.36. The van der Waals surface area contributed by atoms with Crippen LogP contribution >= 0.6 is 11.3 Å². The van der Waals surface area contributed by atoms with Crippen molar-refractivity contribution in [3.63, 3.8) is 0 Å². The van der Waals surface area contributed by atoms with Gasteiger partial charge >= 0.3 is 0 Å². The van der Waals surface area contributed by atoms with Crippen LogP contribution in [0.1, 0.15) is 34.2 Å². The summed E-state index contributed by atoms with van der Waals surface area (Å²) < 4.78 is 0. The third-order valence-electron chi connectivity index (χ3n) is 2.31. The van der Waals surface area contributed by atoms with Crippen LogP contribution in [0, 0.1) is 6.92 Å². The summed E-state index contributed by atoms with van der Waals surface area (Å²) in [6.45, 7) is 3.73. The second-order valence-corrected chi connectivity index (χ2v) is 4.89. The zero-order valence-corrected chi connectivity index (χ0v) is 11.0. The van der Waals surface area contributed by atoms with Crippen LogP contribution in [0.4, 0.5) is 5.69 Å². The quantitative estimate of drug-likeness (QED) is 0.887. The van der Waals surface area contributed by atoms with E-state index in [1.807, 2.05) is 19.9 Å². The fourth-order valence-corrected chi connectivity index (χ4v) is 2.10. The minimum absolute atomic E-state index is 0.155. The van der Waals surface area contributed by atoms with Crippen LogP contribution in [0.25, 0.3) is 0 Å². The van der Waals surface area contributed by atoms with E-state index >= 15 is 0 Å². The molecule has 0 bridgehead atoms. The van der Waals surface area contributed by atoms with E-state index in [2.05, 4.69) is 15.3 Å². The molecule has 0 saturated heterocycles. The lowest BCUT2D eigenvalue weighted by atomic mass is 10.3. The van der Waals surface area contributed by atoms with Crippen molar-refractivity contribution in [2.75, 3.05) is 5.32 Å². The van der Waals surface area contributed by atoms with Gasteiger partial charge in [0.15, 0.2) is 0 Å². The maximum atomic E-state index is 11.9. The van der Waals surface area contributed by atoms with E-state index in [9.17, 15) is 4.79 Å². The van der Waals surface area contributed by atoms with Crippen LogP contribution in [0.15, 0.2) is 23.7 Å². The van der Waals surface area contributed by atoms with Gasteiger partial charge in [-0.25, -0.2) is 4.98 Å². The van der Waals surface area contributed by atoms with E-state index in [4.69, 9.17) is 5.73 Å². The number of aryl methyl sites for hydroxylation is 1. The minimum Gasteiger partial charge on any atom is -0.322 e. The molecule has 2 heterocycles. The van der Waals surface area contributed by atoms with Gasteiger partial charge in [0.1, 0.15) is 10.7 Å². The molecule has 0 radical (unpaired) electrons. The molecule has 0 aliphatic carbocycles. The highest BCUT2D eigenvalue weighted by atomic mass is 32.1. The first-order valence-corrected chi connectivity index (χ1v) is 6.39. The van der Waals surface area contributed by atoms with Crippen molar-refractivity contribution in [1.29, 1.82) is 0 Å². The molecule has 1 unspecified atom stereocenters. The molecular formula is C12H14N4OS. The Morgan fingerprint density at radius 2 is 2.28 bits per heavy atom. The number of nitrogens with one attached hydrogen (secondary N) is 1. The first-order valence-electron chi connectivity index (χ1n) is 5.51. The molecular weight excluding hydrogens is 248 g/mol. The molecule has 1 amide bonds. The molecule has 6 heteroatoms. The van der Waals surface area contributed by atoms with E-state index in [-0.39, 0.29) is 11.9 Å². The second kappa shape index (κ2) is 5.24. The van der Waals surface area contributed by atoms with E-state index in [0.29, 0.717) is 11.4 Å². The van der Waals surface area contributed by atoms with Gasteiger partial charge in [-0.05, 0) is 26.0 Å². The molecule has 2 aromatic rings. The number of pyridine rings is 1. The lowest BCUT2D eigenvalue weighted by Gasteiger charge is -2.02. The Morgan fingerprint density at radius 1 is 1.50 bits per heavy atom. The summed E-state index contributed by atoms with van der Waals surface area (Å²) in [5, 5.41) is 5.20. The average molecular weight is 262 g/mol. The number of nitrogens with zero attached hydrogens (tertiary/aromatic N) is 2. The molecule has 1 atom stereocenters. The smallest absolute Gasteiger partial charge is 0.275 e. The van der Waals surface area contributed by atoms with Crippen molar-refractivity contribution >= 4 is 22.9 Å². The van der Waals surface area contributed by atoms with Gasteiger partial charge in [0.2, 0.25) is 0 Å². The van der Waals surface area contributed by atoms with E-state index in [0.717, 1.165) is 10.7 Å². The third kappa shape index (κ3) is 2.91. The van der Waals surface area contributed by atoms with Crippen LogP contribution in [0.2, 0.25) is 0 Å². The second-order valence-electron chi connectivity index (χ2n) is 4.00. The maximum absolute atomic E-state index is 11.9. The number of amides is 1. The van der Waals surface area contributed by atoms with E-state index in [1.54, 1.807) is 17.6 Å². The summed E-state index contributed by atoms with van der Waals surface area (Å²) in [5.41, 5.74) is 7.64. The minimum atomic E-state index is -0.246. The number of hydrogen-bond donors (Lipinski definition) is 2. The summed E-state index contributed by atoms with van der Waals surface area (Å²) in [6.07, 6.45) is 1.62. The fourth-order valence-electron chi connectivity index (χ4n) is 1.34. The molecule has 2 rings (SSSR count). The number of aromatic nitrogens is 2. The van der Waals surface area contributed by atoms with Crippen LogP contribution in [0.5, 0.6) is 0 Å². The summed E-state index contributed by atoms with van der Waals surface area (Å²) >= 11 is 1.39.